The van der Waals surface area contributed by atoms with Gasteiger partial charge < -0.3 is 9.90 Å². The van der Waals surface area contributed by atoms with Crippen molar-refractivity contribution in [2.24, 2.45) is 0 Å². The molecular formula is C16H7BrCl2KNO2. The van der Waals surface area contributed by atoms with Crippen molar-refractivity contribution in [1.29, 1.82) is 0 Å². The van der Waals surface area contributed by atoms with E-state index in [1.54, 1.807) is 36.4 Å². The Morgan fingerprint density at radius 3 is 2.43 bits per heavy atom. The van der Waals surface area contributed by atoms with Crippen molar-refractivity contribution >= 4 is 56.0 Å². The van der Waals surface area contributed by atoms with Crippen molar-refractivity contribution < 1.29 is 61.3 Å². The molecule has 1 aromatic heterocycles. The predicted molar refractivity (Wildman–Crippen MR) is 89.2 cm³/mol. The fraction of sp³-hybridized carbons (Fsp3) is 0. The second kappa shape index (κ2) is 7.93. The molecule has 0 atom stereocenters. The molecule has 0 amide bonds. The molecule has 0 saturated heterocycles. The third kappa shape index (κ3) is 4.17. The molecule has 0 aliphatic heterocycles. The molecule has 3 aromatic rings. The molecule has 0 fully saturated rings. The first-order valence-corrected chi connectivity index (χ1v) is 7.77. The number of rotatable bonds is 2. The SMILES string of the molecule is O=C([O-])c1cc(-c2ccc(Cl)c(Cl)c2)nc2ccc(Br)cc12.[K+]. The quantitative estimate of drug-likeness (QED) is 0.572. The summed E-state index contributed by atoms with van der Waals surface area (Å²) in [5, 5.41) is 12.7. The molecule has 3 rings (SSSR count). The minimum absolute atomic E-state index is 0. The van der Waals surface area contributed by atoms with Gasteiger partial charge in [0.15, 0.2) is 0 Å². The van der Waals surface area contributed by atoms with Gasteiger partial charge in [-0.1, -0.05) is 45.2 Å². The number of aromatic nitrogens is 1. The average Bonchev–Trinajstić information content (AvgIpc) is 2.48. The first kappa shape index (κ1) is 19.3. The van der Waals surface area contributed by atoms with Crippen molar-refractivity contribution in [2.45, 2.75) is 0 Å². The first-order valence-electron chi connectivity index (χ1n) is 6.23. The van der Waals surface area contributed by atoms with Gasteiger partial charge in [0.05, 0.1) is 27.2 Å². The Labute approximate surface area is 193 Å². The molecule has 0 aliphatic rings. The Morgan fingerprint density at radius 2 is 1.78 bits per heavy atom. The van der Waals surface area contributed by atoms with Crippen LogP contribution in [0.2, 0.25) is 10.0 Å². The van der Waals surface area contributed by atoms with Crippen LogP contribution < -0.4 is 56.5 Å². The summed E-state index contributed by atoms with van der Waals surface area (Å²) in [6, 6.07) is 11.7. The van der Waals surface area contributed by atoms with E-state index in [2.05, 4.69) is 20.9 Å². The van der Waals surface area contributed by atoms with Crippen LogP contribution in [0.25, 0.3) is 22.2 Å². The summed E-state index contributed by atoms with van der Waals surface area (Å²) in [7, 11) is 0. The van der Waals surface area contributed by atoms with Crippen LogP contribution in [0.1, 0.15) is 10.4 Å². The maximum Gasteiger partial charge on any atom is 1.00 e. The van der Waals surface area contributed by atoms with Gasteiger partial charge in [0.2, 0.25) is 0 Å². The normalized spacial score (nSPS) is 10.4. The number of carboxylic acids is 1. The molecule has 2 aromatic carbocycles. The van der Waals surface area contributed by atoms with Crippen LogP contribution in [0, 0.1) is 0 Å². The minimum Gasteiger partial charge on any atom is -0.545 e. The summed E-state index contributed by atoms with van der Waals surface area (Å²) < 4.78 is 0.770. The summed E-state index contributed by atoms with van der Waals surface area (Å²) in [5.74, 6) is -1.26. The summed E-state index contributed by atoms with van der Waals surface area (Å²) in [6.07, 6.45) is 0. The van der Waals surface area contributed by atoms with Crippen LogP contribution in [0.15, 0.2) is 46.9 Å². The summed E-state index contributed by atoms with van der Waals surface area (Å²) >= 11 is 15.2. The van der Waals surface area contributed by atoms with Gasteiger partial charge in [0.25, 0.3) is 0 Å². The van der Waals surface area contributed by atoms with Gasteiger partial charge in [-0.05, 0) is 36.4 Å². The molecule has 0 N–H and O–H groups in total. The van der Waals surface area contributed by atoms with Crippen molar-refractivity contribution in [2.75, 3.05) is 0 Å². The molecule has 0 saturated carbocycles. The topological polar surface area (TPSA) is 53.0 Å². The number of benzene rings is 2. The number of halogens is 3. The van der Waals surface area contributed by atoms with Crippen LogP contribution in [0.3, 0.4) is 0 Å². The Hall–Kier alpha value is 0.0164. The maximum absolute atomic E-state index is 11.4. The third-order valence-corrected chi connectivity index (χ3v) is 4.44. The number of nitrogens with zero attached hydrogens (tertiary/aromatic N) is 1. The molecule has 1 heterocycles. The molecule has 0 spiro atoms. The Morgan fingerprint density at radius 1 is 1.04 bits per heavy atom. The minimum atomic E-state index is -1.26. The van der Waals surface area contributed by atoms with Gasteiger partial charge in [-0.15, -0.1) is 0 Å². The zero-order chi connectivity index (χ0) is 15.9. The summed E-state index contributed by atoms with van der Waals surface area (Å²) in [6.45, 7) is 0. The third-order valence-electron chi connectivity index (χ3n) is 3.21. The average molecular weight is 435 g/mol. The van der Waals surface area contributed by atoms with Crippen LogP contribution >= 0.6 is 39.1 Å². The monoisotopic (exact) mass is 433 g/mol. The number of hydrogen-bond donors (Lipinski definition) is 0. The van der Waals surface area contributed by atoms with Crippen molar-refractivity contribution in [3.8, 4) is 11.3 Å². The van der Waals surface area contributed by atoms with Crippen molar-refractivity contribution in [3.63, 3.8) is 0 Å². The van der Waals surface area contributed by atoms with Gasteiger partial charge in [-0.25, -0.2) is 4.98 Å². The number of hydrogen-bond acceptors (Lipinski definition) is 3. The largest absolute Gasteiger partial charge is 1.00 e. The molecule has 0 aliphatic carbocycles. The number of carbonyl (C=O) groups is 1. The van der Waals surface area contributed by atoms with E-state index in [1.807, 2.05) is 0 Å². The second-order valence-electron chi connectivity index (χ2n) is 4.63. The van der Waals surface area contributed by atoms with Gasteiger partial charge in [-0.2, -0.15) is 0 Å². The van der Waals surface area contributed by atoms with E-state index in [4.69, 9.17) is 23.2 Å². The van der Waals surface area contributed by atoms with Crippen LogP contribution in [0.5, 0.6) is 0 Å². The number of pyridine rings is 1. The second-order valence-corrected chi connectivity index (χ2v) is 6.36. The van der Waals surface area contributed by atoms with Gasteiger partial charge in [0.1, 0.15) is 0 Å². The zero-order valence-corrected chi connectivity index (χ0v) is 18.2. The molecule has 7 heteroatoms. The van der Waals surface area contributed by atoms with E-state index in [-0.39, 0.29) is 56.9 Å². The number of carbonyl (C=O) groups excluding carboxylic acids is 1. The molecule has 3 nitrogen and oxygen atoms in total. The first-order chi connectivity index (χ1) is 10.5. The Kier molecular flexibility index (Phi) is 6.67. The fourth-order valence-corrected chi connectivity index (χ4v) is 2.83. The number of carboxylic acid groups (broad SMARTS) is 1. The van der Waals surface area contributed by atoms with E-state index < -0.39 is 5.97 Å². The number of aromatic carboxylic acids is 1. The van der Waals surface area contributed by atoms with E-state index in [0.717, 1.165) is 4.47 Å². The molecule has 23 heavy (non-hydrogen) atoms. The van der Waals surface area contributed by atoms with E-state index in [9.17, 15) is 9.90 Å². The van der Waals surface area contributed by atoms with Gasteiger partial charge in [-0.3, -0.25) is 0 Å². The molecular weight excluding hydrogens is 428 g/mol. The van der Waals surface area contributed by atoms with Crippen LogP contribution in [-0.4, -0.2) is 11.0 Å². The Bertz CT molecular complexity index is 918. The molecule has 0 unspecified atom stereocenters. The zero-order valence-electron chi connectivity index (χ0n) is 11.9. The summed E-state index contributed by atoms with van der Waals surface area (Å²) in [5.41, 5.74) is 1.81. The van der Waals surface area contributed by atoms with Crippen molar-refractivity contribution in [3.05, 3.63) is 62.5 Å². The smallest absolute Gasteiger partial charge is 0.545 e. The molecule has 0 bridgehead atoms. The van der Waals surface area contributed by atoms with Crippen molar-refractivity contribution in [1.82, 2.24) is 4.98 Å². The predicted octanol–water partition coefficient (Wildman–Crippen LogP) is 1.34. The Balaban J connectivity index is 0.00000192. The van der Waals surface area contributed by atoms with Gasteiger partial charge in [0, 0.05) is 21.0 Å². The number of fused-ring (bicyclic) bond motifs is 1. The van der Waals surface area contributed by atoms with E-state index >= 15 is 0 Å². The van der Waals surface area contributed by atoms with E-state index in [1.165, 1.54) is 6.07 Å². The molecule has 110 valence electrons. The maximum atomic E-state index is 11.4. The van der Waals surface area contributed by atoms with Crippen LogP contribution in [-0.2, 0) is 0 Å². The van der Waals surface area contributed by atoms with E-state index in [0.29, 0.717) is 32.2 Å². The summed E-state index contributed by atoms with van der Waals surface area (Å²) in [4.78, 5) is 15.9. The fourth-order valence-electron chi connectivity index (χ4n) is 2.17. The molecule has 0 radical (unpaired) electrons. The standard InChI is InChI=1S/C16H8BrCl2NO2.K/c17-9-2-4-14-10(6-9)11(16(21)22)7-15(20-14)8-1-3-12(18)13(19)5-8;/h1-7H,(H,21,22);/q;+1/p-1. The van der Waals surface area contributed by atoms with Gasteiger partial charge >= 0.3 is 51.4 Å². The van der Waals surface area contributed by atoms with Crippen LogP contribution in [0.4, 0.5) is 0 Å².